The Hall–Kier alpha value is -3.60. The molecule has 212 valence electrons. The Balaban J connectivity index is 1.44. The summed E-state index contributed by atoms with van der Waals surface area (Å²) in [5.41, 5.74) is 2.15. The summed E-state index contributed by atoms with van der Waals surface area (Å²) in [5, 5.41) is 13.6. The van der Waals surface area contributed by atoms with E-state index in [1.807, 2.05) is 36.4 Å². The molecular weight excluding hydrogens is 619 g/mol. The minimum absolute atomic E-state index is 0.0119. The smallest absolute Gasteiger partial charge is 0.260 e. The van der Waals surface area contributed by atoms with Gasteiger partial charge in [0.05, 0.1) is 39.2 Å². The number of carbonyl (C=O) groups excluding carboxylic acids is 2. The number of amides is 2. The minimum Gasteiger partial charge on any atom is -0.326 e. The fourth-order valence-corrected chi connectivity index (χ4v) is 6.32. The van der Waals surface area contributed by atoms with Crippen LogP contribution in [0.25, 0.3) is 0 Å². The van der Waals surface area contributed by atoms with Crippen LogP contribution in [-0.4, -0.2) is 16.7 Å². The van der Waals surface area contributed by atoms with Gasteiger partial charge < -0.3 is 10.2 Å². The molecule has 1 fully saturated rings. The van der Waals surface area contributed by atoms with Crippen LogP contribution in [0.4, 0.5) is 15.8 Å². The van der Waals surface area contributed by atoms with Crippen LogP contribution < -0.4 is 10.2 Å². The predicted molar refractivity (Wildman–Crippen MR) is 165 cm³/mol. The van der Waals surface area contributed by atoms with Gasteiger partial charge in [0.2, 0.25) is 5.91 Å². The van der Waals surface area contributed by atoms with Crippen molar-refractivity contribution in [2.24, 2.45) is 5.92 Å². The highest BCUT2D eigenvalue weighted by molar-refractivity contribution is 6.35. The molecule has 4 aromatic rings. The summed E-state index contributed by atoms with van der Waals surface area (Å²) in [6.07, 6.45) is 0. The van der Waals surface area contributed by atoms with E-state index < -0.39 is 22.5 Å². The van der Waals surface area contributed by atoms with Crippen LogP contribution in [0.2, 0.25) is 15.1 Å². The molecule has 1 saturated carbocycles. The molecule has 4 aromatic carbocycles. The number of hydrogen-bond donors (Lipinski definition) is 1. The van der Waals surface area contributed by atoms with Gasteiger partial charge in [-0.25, -0.2) is 4.39 Å². The second-order valence-corrected chi connectivity index (χ2v) is 12.2. The number of carbonyl (C=O) groups is 2. The summed E-state index contributed by atoms with van der Waals surface area (Å²) in [6.45, 7) is 1.86. The highest BCUT2D eigenvalue weighted by Crippen LogP contribution is 2.62. The Bertz CT molecular complexity index is 1720. The second kappa shape index (κ2) is 11.9. The maximum absolute atomic E-state index is 14.0. The Kier molecular flexibility index (Phi) is 8.50. The Labute approximate surface area is 262 Å². The number of benzene rings is 4. The lowest BCUT2D eigenvalue weighted by molar-refractivity contribution is -0.117. The molecule has 1 aliphatic carbocycles. The van der Waals surface area contributed by atoms with Crippen molar-refractivity contribution in [2.75, 3.05) is 10.2 Å². The molecule has 0 spiro atoms. The van der Waals surface area contributed by atoms with Crippen LogP contribution >= 0.6 is 46.4 Å². The van der Waals surface area contributed by atoms with Crippen LogP contribution in [0.3, 0.4) is 0 Å². The van der Waals surface area contributed by atoms with Gasteiger partial charge in [-0.15, -0.1) is 11.6 Å². The van der Waals surface area contributed by atoms with Crippen LogP contribution in [0, 0.1) is 23.1 Å². The summed E-state index contributed by atoms with van der Waals surface area (Å²) >= 11 is 25.5. The molecular formula is C32H22Cl4FN3O2. The molecule has 0 saturated heterocycles. The molecule has 0 aromatic heterocycles. The number of nitrogens with zero attached hydrogens (tertiary/aromatic N) is 2. The van der Waals surface area contributed by atoms with Crippen molar-refractivity contribution in [1.29, 1.82) is 5.26 Å². The first-order valence-corrected chi connectivity index (χ1v) is 14.3. The van der Waals surface area contributed by atoms with Gasteiger partial charge in [0, 0.05) is 21.7 Å². The van der Waals surface area contributed by atoms with Gasteiger partial charge in [-0.3, -0.25) is 9.59 Å². The zero-order valence-corrected chi connectivity index (χ0v) is 25.1. The standard InChI is InChI=1S/C32H22Cl4FN3O2/c1-32(36)28(19-11-21(33)14-22(34)12-19)29(32)30(41)39-24-8-9-26(35)25(15-24)31(42)40(17-18-5-3-2-4-6-18)27-10-7-23(37)13-20(27)16-38/h2-15,28-29H,17H2,1H3,(H,39,41). The molecule has 42 heavy (non-hydrogen) atoms. The lowest BCUT2D eigenvalue weighted by Gasteiger charge is -2.25. The number of anilines is 2. The van der Waals surface area contributed by atoms with Gasteiger partial charge in [0.25, 0.3) is 5.91 Å². The monoisotopic (exact) mass is 639 g/mol. The van der Waals surface area contributed by atoms with Crippen LogP contribution in [0.15, 0.2) is 84.9 Å². The van der Waals surface area contributed by atoms with Crippen molar-refractivity contribution in [3.63, 3.8) is 0 Å². The van der Waals surface area contributed by atoms with Crippen molar-refractivity contribution < 1.29 is 14.0 Å². The van der Waals surface area contributed by atoms with Crippen LogP contribution in [0.5, 0.6) is 0 Å². The third-order valence-electron chi connectivity index (χ3n) is 7.23. The fourth-order valence-electron chi connectivity index (χ4n) is 5.16. The quantitative estimate of drug-likeness (QED) is 0.205. The molecule has 5 rings (SSSR count). The van der Waals surface area contributed by atoms with Gasteiger partial charge >= 0.3 is 0 Å². The van der Waals surface area contributed by atoms with E-state index in [4.69, 9.17) is 46.4 Å². The van der Waals surface area contributed by atoms with Crippen molar-refractivity contribution in [3.05, 3.63) is 128 Å². The van der Waals surface area contributed by atoms with Gasteiger partial charge in [-0.1, -0.05) is 65.1 Å². The van der Waals surface area contributed by atoms with Crippen LogP contribution in [-0.2, 0) is 11.3 Å². The summed E-state index contributed by atoms with van der Waals surface area (Å²) in [6, 6.07) is 24.4. The van der Waals surface area contributed by atoms with Crippen molar-refractivity contribution in [3.8, 4) is 6.07 Å². The largest absolute Gasteiger partial charge is 0.326 e. The summed E-state index contributed by atoms with van der Waals surface area (Å²) in [5.74, 6) is -2.40. The number of nitrogens with one attached hydrogen (secondary N) is 1. The molecule has 1 aliphatic rings. The zero-order chi connectivity index (χ0) is 30.2. The van der Waals surface area contributed by atoms with E-state index in [1.54, 1.807) is 31.2 Å². The molecule has 3 unspecified atom stereocenters. The molecule has 2 amide bonds. The summed E-state index contributed by atoms with van der Waals surface area (Å²) in [4.78, 5) is 27.8. The molecule has 1 N–H and O–H groups in total. The lowest BCUT2D eigenvalue weighted by Crippen LogP contribution is -2.31. The molecule has 0 bridgehead atoms. The number of hydrogen-bond acceptors (Lipinski definition) is 3. The molecule has 0 radical (unpaired) electrons. The minimum atomic E-state index is -0.869. The van der Waals surface area contributed by atoms with Gasteiger partial charge in [0.1, 0.15) is 11.9 Å². The molecule has 5 nitrogen and oxygen atoms in total. The average molecular weight is 641 g/mol. The third kappa shape index (κ3) is 6.11. The Morgan fingerprint density at radius 3 is 2.33 bits per heavy atom. The predicted octanol–water partition coefficient (Wildman–Crippen LogP) is 8.85. The van der Waals surface area contributed by atoms with Crippen molar-refractivity contribution >= 4 is 69.6 Å². The maximum Gasteiger partial charge on any atom is 0.260 e. The maximum atomic E-state index is 14.0. The number of nitriles is 1. The van der Waals surface area contributed by atoms with Gasteiger partial charge in [-0.2, -0.15) is 5.26 Å². The lowest BCUT2D eigenvalue weighted by atomic mass is 10.1. The van der Waals surface area contributed by atoms with Crippen molar-refractivity contribution in [2.45, 2.75) is 24.3 Å². The summed E-state index contributed by atoms with van der Waals surface area (Å²) < 4.78 is 13.9. The number of halogens is 5. The first-order chi connectivity index (χ1) is 20.0. The normalized spacial score (nSPS) is 19.1. The van der Waals surface area contributed by atoms with E-state index in [-0.39, 0.29) is 40.2 Å². The topological polar surface area (TPSA) is 73.2 Å². The van der Waals surface area contributed by atoms with Gasteiger partial charge in [0.15, 0.2) is 0 Å². The fraction of sp³-hybridized carbons (Fsp3) is 0.156. The van der Waals surface area contributed by atoms with E-state index in [9.17, 15) is 19.2 Å². The Morgan fingerprint density at radius 2 is 1.67 bits per heavy atom. The third-order valence-corrected chi connectivity index (χ3v) is 8.47. The highest BCUT2D eigenvalue weighted by Gasteiger charge is 2.65. The number of alkyl halides is 1. The van der Waals surface area contributed by atoms with E-state index in [1.165, 1.54) is 29.2 Å². The second-order valence-electron chi connectivity index (χ2n) is 10.1. The average Bonchev–Trinajstić information content (AvgIpc) is 3.54. The first-order valence-electron chi connectivity index (χ1n) is 12.8. The molecule has 3 atom stereocenters. The van der Waals surface area contributed by atoms with E-state index in [2.05, 4.69) is 5.32 Å². The highest BCUT2D eigenvalue weighted by atomic mass is 35.5. The SMILES string of the molecule is CC1(Cl)C(C(=O)Nc2ccc(Cl)c(C(=O)N(Cc3ccccc3)c3ccc(F)cc3C#N)c2)C1c1cc(Cl)cc(Cl)c1. The molecule has 0 heterocycles. The van der Waals surface area contributed by atoms with Crippen LogP contribution in [0.1, 0.15) is 39.9 Å². The molecule has 0 aliphatic heterocycles. The van der Waals surface area contributed by atoms with Gasteiger partial charge in [-0.05, 0) is 72.6 Å². The van der Waals surface area contributed by atoms with Crippen molar-refractivity contribution in [1.82, 2.24) is 0 Å². The number of rotatable bonds is 7. The molecule has 10 heteroatoms. The Morgan fingerprint density at radius 1 is 0.976 bits per heavy atom. The van der Waals surface area contributed by atoms with E-state index in [0.717, 1.165) is 17.2 Å². The summed E-state index contributed by atoms with van der Waals surface area (Å²) in [7, 11) is 0. The first kappa shape index (κ1) is 29.9. The van der Waals surface area contributed by atoms with E-state index >= 15 is 0 Å². The van der Waals surface area contributed by atoms with E-state index in [0.29, 0.717) is 15.7 Å². The zero-order valence-electron chi connectivity index (χ0n) is 22.0.